The molecule has 0 aromatic heterocycles. The first-order valence-electron chi connectivity index (χ1n) is 21.2. The Morgan fingerprint density at radius 2 is 0.420 bits per heavy atom. The van der Waals surface area contributed by atoms with Crippen molar-refractivity contribution in [2.24, 2.45) is 0 Å². The molecule has 0 spiro atoms. The van der Waals surface area contributed by atoms with Crippen LogP contribution in [0.4, 0.5) is 0 Å². The second-order valence-corrected chi connectivity index (χ2v) is 16.6. The van der Waals surface area contributed by atoms with E-state index in [0.717, 1.165) is 0 Å². The van der Waals surface area contributed by atoms with Gasteiger partial charge in [-0.2, -0.15) is 0 Å². The molecule has 0 bridgehead atoms. The lowest BCUT2D eigenvalue weighted by atomic mass is 9.97. The highest BCUT2D eigenvalue weighted by molar-refractivity contribution is 4.97. The first-order valence-corrected chi connectivity index (χ1v) is 21.2. The number of ether oxygens (including phenoxy) is 9. The molecule has 6 fully saturated rings. The zero-order valence-corrected chi connectivity index (χ0v) is 36.0. The molecule has 0 aromatic carbocycles. The molecule has 408 valence electrons. The van der Waals surface area contributed by atoms with Gasteiger partial charge in [0.25, 0.3) is 0 Å². The predicted octanol–water partition coefficient (Wildman–Crippen LogP) is -16.2. The molecule has 0 radical (unpaired) electrons. The van der Waals surface area contributed by atoms with Crippen LogP contribution < -0.4 is 0 Å². The maximum Gasteiger partial charge on any atom is 0.187 e. The van der Waals surface area contributed by atoms with E-state index < -0.39 is 224 Å². The lowest BCUT2D eigenvalue weighted by Gasteiger charge is -2.45. The Balaban J connectivity index is 0.000000225. The maximum atomic E-state index is 9.94. The van der Waals surface area contributed by atoms with Crippen molar-refractivity contribution in [3.05, 3.63) is 0 Å². The van der Waals surface area contributed by atoms with Crippen molar-refractivity contribution < 1.29 is 165 Å². The molecule has 30 atom stereocenters. The Labute approximate surface area is 389 Å². The Morgan fingerprint density at radius 3 is 0.609 bits per heavy atom. The summed E-state index contributed by atoms with van der Waals surface area (Å²) in [5.41, 5.74) is 0. The van der Waals surface area contributed by atoms with E-state index in [4.69, 9.17) is 58.0 Å². The third-order valence-corrected chi connectivity index (χ3v) is 11.9. The van der Waals surface area contributed by atoms with Gasteiger partial charge in [-0.3, -0.25) is 0 Å². The van der Waals surface area contributed by atoms with Crippen LogP contribution >= 0.6 is 0 Å². The number of rotatable bonds is 12. The fraction of sp³-hybridized carbons (Fsp3) is 1.00. The van der Waals surface area contributed by atoms with Crippen LogP contribution in [0.2, 0.25) is 0 Å². The molecule has 6 saturated heterocycles. The van der Waals surface area contributed by atoms with Crippen LogP contribution in [0.1, 0.15) is 0 Å². The van der Waals surface area contributed by atoms with Crippen molar-refractivity contribution in [3.63, 3.8) is 0 Å². The third-order valence-electron chi connectivity index (χ3n) is 11.9. The molecule has 6 aliphatic rings. The smallest absolute Gasteiger partial charge is 0.187 e. The van der Waals surface area contributed by atoms with E-state index in [1.54, 1.807) is 0 Å². The van der Waals surface area contributed by atoms with Crippen molar-refractivity contribution >= 4 is 0 Å². The summed E-state index contributed by atoms with van der Waals surface area (Å²) in [6.45, 7) is -4.04. The van der Waals surface area contributed by atoms with Gasteiger partial charge in [-0.1, -0.05) is 0 Å². The van der Waals surface area contributed by atoms with Gasteiger partial charge in [0.05, 0.1) is 39.6 Å². The van der Waals surface area contributed by atoms with E-state index in [2.05, 4.69) is 0 Å². The third kappa shape index (κ3) is 13.7. The van der Waals surface area contributed by atoms with Crippen LogP contribution in [-0.2, 0) is 42.6 Å². The van der Waals surface area contributed by atoms with Gasteiger partial charge in [0.1, 0.15) is 146 Å². The van der Waals surface area contributed by atoms with Gasteiger partial charge in [-0.15, -0.1) is 0 Å². The van der Waals surface area contributed by atoms with E-state index >= 15 is 0 Å². The summed E-state index contributed by atoms with van der Waals surface area (Å²) < 4.78 is 45.8. The average Bonchev–Trinajstić information content (AvgIpc) is 3.34. The lowest BCUT2D eigenvalue weighted by molar-refractivity contribution is -0.355. The van der Waals surface area contributed by atoms with Crippen molar-refractivity contribution in [1.82, 2.24) is 0 Å². The van der Waals surface area contributed by atoms with E-state index in [1.165, 1.54) is 0 Å². The summed E-state index contributed by atoms with van der Waals surface area (Å²) in [5, 5.41) is 229. The Hall–Kier alpha value is -1.32. The zero-order chi connectivity index (χ0) is 51.9. The molecular formula is C36H66O33. The van der Waals surface area contributed by atoms with Crippen molar-refractivity contribution in [2.45, 2.75) is 184 Å². The standard InChI is InChI=1S/3C12H22O11/c3*13-1-3-5(15)6(16)9(19)12(22-3)23-10-4(2-14)21-11(20)8(18)7(10)17/h3*3-20H,1-2H2/t3*3-,4-,5+,6+,7-,8-,9-,10-,11?,12+/m111/s1. The summed E-state index contributed by atoms with van der Waals surface area (Å²) in [4.78, 5) is 0. The molecule has 69 heavy (non-hydrogen) atoms. The van der Waals surface area contributed by atoms with E-state index in [9.17, 15) is 107 Å². The lowest BCUT2D eigenvalue weighted by Crippen LogP contribution is -2.64. The van der Waals surface area contributed by atoms with Gasteiger partial charge < -0.3 is 165 Å². The summed E-state index contributed by atoms with van der Waals surface area (Å²) in [5.74, 6) is 0. The first-order chi connectivity index (χ1) is 32.4. The Bertz CT molecular complexity index is 1300. The highest BCUT2D eigenvalue weighted by Gasteiger charge is 2.53. The minimum atomic E-state index is -1.74. The summed E-state index contributed by atoms with van der Waals surface area (Å²) in [7, 11) is 0. The quantitative estimate of drug-likeness (QED) is 0.0863. The largest absolute Gasteiger partial charge is 0.394 e. The normalized spacial score (nSPS) is 51.7. The number of aliphatic hydroxyl groups is 24. The van der Waals surface area contributed by atoms with Gasteiger partial charge in [-0.25, -0.2) is 0 Å². The second-order valence-electron chi connectivity index (χ2n) is 16.6. The van der Waals surface area contributed by atoms with E-state index in [0.29, 0.717) is 0 Å². The Kier molecular flexibility index (Phi) is 23.4. The van der Waals surface area contributed by atoms with Crippen LogP contribution in [0.25, 0.3) is 0 Å². The number of aliphatic hydroxyl groups excluding tert-OH is 24. The van der Waals surface area contributed by atoms with Gasteiger partial charge in [0.2, 0.25) is 0 Å². The SMILES string of the molecule is OC[C@H]1O[C@@H](O[C@H]2[C@H](O)[C@@H](O)C(O)O[C@@H]2CO)[C@H](O)[C@@H](O)[C@H]1O.OC[C@H]1O[C@@H](O[C@H]2[C@H](O)[C@@H](O)C(O)O[C@@H]2CO)[C@H](O)[C@@H](O)[C@H]1O.OC[C@H]1O[C@@H](O[C@H]2[C@H](O)[C@@H](O)C(O)O[C@@H]2CO)[C@H](O)[C@@H](O)[C@H]1O. The molecule has 0 saturated carbocycles. The monoisotopic (exact) mass is 1030 g/mol. The van der Waals surface area contributed by atoms with E-state index in [-0.39, 0.29) is 0 Å². The highest BCUT2D eigenvalue weighted by atomic mass is 16.8. The van der Waals surface area contributed by atoms with Crippen LogP contribution in [0.15, 0.2) is 0 Å². The second kappa shape index (κ2) is 26.8. The number of hydrogen-bond donors (Lipinski definition) is 24. The summed E-state index contributed by atoms with van der Waals surface area (Å²) in [6.07, 6.45) is -46.7. The predicted molar refractivity (Wildman–Crippen MR) is 206 cm³/mol. The Morgan fingerprint density at radius 1 is 0.217 bits per heavy atom. The van der Waals surface area contributed by atoms with Crippen LogP contribution in [-0.4, -0.2) is 346 Å². The molecule has 6 heterocycles. The zero-order valence-electron chi connectivity index (χ0n) is 36.0. The van der Waals surface area contributed by atoms with Crippen molar-refractivity contribution in [1.29, 1.82) is 0 Å². The van der Waals surface area contributed by atoms with Gasteiger partial charge >= 0.3 is 0 Å². The molecule has 3 unspecified atom stereocenters. The van der Waals surface area contributed by atoms with Crippen molar-refractivity contribution in [3.8, 4) is 0 Å². The topological polar surface area (TPSA) is 569 Å². The minimum absolute atomic E-state index is 0.667. The van der Waals surface area contributed by atoms with Crippen molar-refractivity contribution in [2.75, 3.05) is 39.6 Å². The molecule has 24 N–H and O–H groups in total. The van der Waals surface area contributed by atoms with Gasteiger partial charge in [-0.05, 0) is 0 Å². The molecule has 33 nitrogen and oxygen atoms in total. The molecule has 0 aromatic rings. The molecule has 33 heteroatoms. The van der Waals surface area contributed by atoms with Crippen LogP contribution in [0.5, 0.6) is 0 Å². The summed E-state index contributed by atoms with van der Waals surface area (Å²) >= 11 is 0. The van der Waals surface area contributed by atoms with Crippen LogP contribution in [0, 0.1) is 0 Å². The summed E-state index contributed by atoms with van der Waals surface area (Å²) in [6, 6.07) is 0. The maximum absolute atomic E-state index is 9.94. The fourth-order valence-electron chi connectivity index (χ4n) is 7.71. The molecule has 6 rings (SSSR count). The van der Waals surface area contributed by atoms with Gasteiger partial charge in [0, 0.05) is 0 Å². The first kappa shape index (κ1) is 60.2. The molecule has 0 amide bonds. The fourth-order valence-corrected chi connectivity index (χ4v) is 7.71. The van der Waals surface area contributed by atoms with Gasteiger partial charge in [0.15, 0.2) is 37.7 Å². The average molecular weight is 1030 g/mol. The highest BCUT2D eigenvalue weighted by Crippen LogP contribution is 2.32. The van der Waals surface area contributed by atoms with Crippen LogP contribution in [0.3, 0.4) is 0 Å². The number of hydrogen-bond acceptors (Lipinski definition) is 33. The molecule has 0 aliphatic carbocycles. The molecule has 6 aliphatic heterocycles. The van der Waals surface area contributed by atoms with E-state index in [1.807, 2.05) is 0 Å². The minimum Gasteiger partial charge on any atom is -0.394 e. The molecular weight excluding hydrogens is 960 g/mol.